The molecule has 1 aliphatic rings. The van der Waals surface area contributed by atoms with Crippen molar-refractivity contribution in [3.8, 4) is 0 Å². The molecule has 0 aliphatic carbocycles. The molecule has 0 radical (unpaired) electrons. The summed E-state index contributed by atoms with van der Waals surface area (Å²) in [6, 6.07) is 1.86. The minimum Gasteiger partial charge on any atom is -0.394 e. The number of hydrogen-bond donors (Lipinski definition) is 3. The van der Waals surface area contributed by atoms with E-state index in [9.17, 15) is 5.11 Å². The van der Waals surface area contributed by atoms with Crippen molar-refractivity contribution in [2.75, 3.05) is 6.61 Å². The first-order valence-electron chi connectivity index (χ1n) is 5.69. The van der Waals surface area contributed by atoms with Gasteiger partial charge in [0.1, 0.15) is 22.6 Å². The van der Waals surface area contributed by atoms with Crippen LogP contribution >= 0.6 is 12.2 Å². The van der Waals surface area contributed by atoms with E-state index in [1.165, 1.54) is 6.33 Å². The Morgan fingerprint density at radius 3 is 3.17 bits per heavy atom. The van der Waals surface area contributed by atoms with Crippen molar-refractivity contribution in [2.24, 2.45) is 0 Å². The van der Waals surface area contributed by atoms with Crippen molar-refractivity contribution in [1.29, 1.82) is 0 Å². The molecule has 0 bridgehead atoms. The Bertz CT molecular complexity index is 623. The van der Waals surface area contributed by atoms with Crippen LogP contribution in [0.25, 0.3) is 11.0 Å². The highest BCUT2D eigenvalue weighted by molar-refractivity contribution is 7.71. The molecule has 1 aliphatic heterocycles. The van der Waals surface area contributed by atoms with E-state index in [0.717, 1.165) is 11.0 Å². The molecule has 18 heavy (non-hydrogen) atoms. The molecule has 3 rings (SSSR count). The number of fused-ring (bicyclic) bond motifs is 1. The number of aromatic nitrogens is 3. The van der Waals surface area contributed by atoms with E-state index >= 15 is 0 Å². The standard InChI is InChI=1S/C11H13N3O3S/c15-4-8-7(16)3-9(17-8)14-2-1-6-10(14)12-5-13-11(6)18/h1-2,5,7-9,15-16H,3-4H2,(H,12,13,18)/t7-,8+,9-/m0/s1. The summed E-state index contributed by atoms with van der Waals surface area (Å²) in [5.41, 5.74) is 0.717. The number of nitrogens with one attached hydrogen (secondary N) is 1. The Morgan fingerprint density at radius 2 is 2.44 bits per heavy atom. The molecule has 3 heterocycles. The van der Waals surface area contributed by atoms with Gasteiger partial charge in [-0.25, -0.2) is 4.98 Å². The van der Waals surface area contributed by atoms with Gasteiger partial charge >= 0.3 is 0 Å². The van der Waals surface area contributed by atoms with Crippen molar-refractivity contribution in [1.82, 2.24) is 14.5 Å². The van der Waals surface area contributed by atoms with Gasteiger partial charge in [0, 0.05) is 12.6 Å². The number of aliphatic hydroxyl groups excluding tert-OH is 2. The van der Waals surface area contributed by atoms with Crippen LogP contribution < -0.4 is 0 Å². The molecular weight excluding hydrogens is 254 g/mol. The van der Waals surface area contributed by atoms with Gasteiger partial charge < -0.3 is 24.5 Å². The van der Waals surface area contributed by atoms with Crippen LogP contribution in [0, 0.1) is 4.64 Å². The zero-order valence-corrected chi connectivity index (χ0v) is 10.3. The van der Waals surface area contributed by atoms with Crippen molar-refractivity contribution >= 4 is 23.3 Å². The van der Waals surface area contributed by atoms with E-state index in [4.69, 9.17) is 22.1 Å². The van der Waals surface area contributed by atoms with Gasteiger partial charge in [-0.3, -0.25) is 0 Å². The minimum absolute atomic E-state index is 0.190. The molecule has 0 spiro atoms. The summed E-state index contributed by atoms with van der Waals surface area (Å²) < 4.78 is 8.05. The maximum absolute atomic E-state index is 9.74. The topological polar surface area (TPSA) is 83.3 Å². The molecule has 1 fully saturated rings. The fourth-order valence-corrected chi connectivity index (χ4v) is 2.48. The lowest BCUT2D eigenvalue weighted by Crippen LogP contribution is -2.24. The molecule has 0 saturated carbocycles. The number of H-pyrrole nitrogens is 1. The van der Waals surface area contributed by atoms with Crippen LogP contribution in [0.4, 0.5) is 0 Å². The first-order valence-corrected chi connectivity index (χ1v) is 6.10. The monoisotopic (exact) mass is 267 g/mol. The summed E-state index contributed by atoms with van der Waals surface area (Å²) in [6.45, 7) is -0.190. The molecular formula is C11H13N3O3S. The van der Waals surface area contributed by atoms with Gasteiger partial charge in [0.15, 0.2) is 0 Å². The molecule has 0 aromatic carbocycles. The second-order valence-electron chi connectivity index (χ2n) is 4.31. The highest BCUT2D eigenvalue weighted by Crippen LogP contribution is 2.31. The lowest BCUT2D eigenvalue weighted by Gasteiger charge is -2.14. The number of ether oxygens (including phenoxy) is 1. The molecule has 96 valence electrons. The van der Waals surface area contributed by atoms with E-state index in [1.54, 1.807) is 0 Å². The fraction of sp³-hybridized carbons (Fsp3) is 0.455. The quantitative estimate of drug-likeness (QED) is 0.699. The average Bonchev–Trinajstić information content (AvgIpc) is 2.93. The van der Waals surface area contributed by atoms with Crippen LogP contribution in [0.1, 0.15) is 12.6 Å². The highest BCUT2D eigenvalue weighted by atomic mass is 32.1. The van der Waals surface area contributed by atoms with Crippen molar-refractivity contribution in [2.45, 2.75) is 24.9 Å². The SMILES string of the molecule is OC[C@H]1O[C@H](n2ccc3c(=S)[nH]cnc32)C[C@@H]1O. The molecule has 3 atom stereocenters. The zero-order valence-electron chi connectivity index (χ0n) is 9.48. The number of hydrogen-bond acceptors (Lipinski definition) is 5. The molecule has 0 unspecified atom stereocenters. The summed E-state index contributed by atoms with van der Waals surface area (Å²) >= 11 is 5.17. The van der Waals surface area contributed by atoms with Crippen LogP contribution in [-0.2, 0) is 4.74 Å². The third-order valence-electron chi connectivity index (χ3n) is 3.21. The molecule has 2 aromatic rings. The van der Waals surface area contributed by atoms with Crippen molar-refractivity contribution in [3.63, 3.8) is 0 Å². The van der Waals surface area contributed by atoms with Crippen LogP contribution in [0.3, 0.4) is 0 Å². The largest absolute Gasteiger partial charge is 0.394 e. The maximum Gasteiger partial charge on any atom is 0.146 e. The average molecular weight is 267 g/mol. The Kier molecular flexibility index (Phi) is 2.90. The Hall–Kier alpha value is -1.28. The van der Waals surface area contributed by atoms with Gasteiger partial charge in [0.05, 0.1) is 24.4 Å². The summed E-state index contributed by atoms with van der Waals surface area (Å²) in [5, 5.41) is 19.7. The summed E-state index contributed by atoms with van der Waals surface area (Å²) in [7, 11) is 0. The van der Waals surface area contributed by atoms with E-state index in [1.807, 2.05) is 16.8 Å². The summed E-state index contributed by atoms with van der Waals surface area (Å²) in [4.78, 5) is 7.11. The zero-order chi connectivity index (χ0) is 12.7. The van der Waals surface area contributed by atoms with Gasteiger partial charge in [-0.2, -0.15) is 0 Å². The second kappa shape index (κ2) is 4.43. The third-order valence-corrected chi connectivity index (χ3v) is 3.55. The molecule has 7 heteroatoms. The predicted octanol–water partition coefficient (Wildman–Crippen LogP) is 0.735. The van der Waals surface area contributed by atoms with Gasteiger partial charge in [-0.15, -0.1) is 0 Å². The van der Waals surface area contributed by atoms with Crippen LogP contribution in [0.15, 0.2) is 18.6 Å². The van der Waals surface area contributed by atoms with Gasteiger partial charge in [-0.05, 0) is 6.07 Å². The van der Waals surface area contributed by atoms with Crippen LogP contribution in [0.5, 0.6) is 0 Å². The third kappa shape index (κ3) is 1.76. The van der Waals surface area contributed by atoms with Gasteiger partial charge in [-0.1, -0.05) is 12.2 Å². The van der Waals surface area contributed by atoms with Gasteiger partial charge in [0.2, 0.25) is 0 Å². The number of aliphatic hydroxyl groups is 2. The fourth-order valence-electron chi connectivity index (χ4n) is 2.26. The van der Waals surface area contributed by atoms with Gasteiger partial charge in [0.25, 0.3) is 0 Å². The van der Waals surface area contributed by atoms with Crippen LogP contribution in [0.2, 0.25) is 0 Å². The Morgan fingerprint density at radius 1 is 1.61 bits per heavy atom. The molecule has 0 amide bonds. The molecule has 3 N–H and O–H groups in total. The van der Waals surface area contributed by atoms with Crippen molar-refractivity contribution < 1.29 is 14.9 Å². The summed E-state index contributed by atoms with van der Waals surface area (Å²) in [5.74, 6) is 0. The molecule has 1 saturated heterocycles. The second-order valence-corrected chi connectivity index (χ2v) is 4.72. The summed E-state index contributed by atoms with van der Waals surface area (Å²) in [6.07, 6.45) is 2.29. The number of nitrogens with zero attached hydrogens (tertiary/aromatic N) is 2. The Labute approximate surface area is 108 Å². The van der Waals surface area contributed by atoms with Crippen molar-refractivity contribution in [3.05, 3.63) is 23.2 Å². The first kappa shape index (κ1) is 11.8. The van der Waals surface area contributed by atoms with E-state index in [2.05, 4.69) is 9.97 Å². The maximum atomic E-state index is 9.74. The van der Waals surface area contributed by atoms with Crippen LogP contribution in [-0.4, -0.2) is 43.6 Å². The van der Waals surface area contributed by atoms with E-state index in [-0.39, 0.29) is 12.8 Å². The Balaban J connectivity index is 2.01. The number of aromatic amines is 1. The lowest BCUT2D eigenvalue weighted by molar-refractivity contribution is -0.0430. The lowest BCUT2D eigenvalue weighted by atomic mass is 10.2. The van der Waals surface area contributed by atoms with E-state index in [0.29, 0.717) is 11.1 Å². The smallest absolute Gasteiger partial charge is 0.146 e. The minimum atomic E-state index is -0.657. The predicted molar refractivity (Wildman–Crippen MR) is 66.5 cm³/mol. The molecule has 6 nitrogen and oxygen atoms in total. The first-order chi connectivity index (χ1) is 8.70. The molecule has 2 aromatic heterocycles. The van der Waals surface area contributed by atoms with E-state index < -0.39 is 12.2 Å². The number of rotatable bonds is 2. The highest BCUT2D eigenvalue weighted by Gasteiger charge is 2.34. The normalized spacial score (nSPS) is 28.0.